The van der Waals surface area contributed by atoms with Gasteiger partial charge in [0, 0.05) is 6.54 Å². The van der Waals surface area contributed by atoms with E-state index in [4.69, 9.17) is 0 Å². The smallest absolute Gasteiger partial charge is 0.228 e. The topological polar surface area (TPSA) is 29.1 Å². The third kappa shape index (κ3) is 5.42. The van der Waals surface area contributed by atoms with Gasteiger partial charge in [-0.05, 0) is 22.6 Å². The Kier molecular flexibility index (Phi) is 6.59. The fraction of sp³-hybridized carbons (Fsp3) is 0.160. The van der Waals surface area contributed by atoms with E-state index in [0.29, 0.717) is 6.54 Å². The van der Waals surface area contributed by atoms with E-state index in [-0.39, 0.29) is 17.7 Å². The summed E-state index contributed by atoms with van der Waals surface area (Å²) in [6.45, 7) is 2.64. The first kappa shape index (κ1) is 18.7. The zero-order chi connectivity index (χ0) is 18.9. The molecule has 1 amide bonds. The molecule has 1 N–H and O–H groups in total. The first-order valence-corrected chi connectivity index (χ1v) is 9.34. The summed E-state index contributed by atoms with van der Waals surface area (Å²) in [5.74, 6) is -0.103. The van der Waals surface area contributed by atoms with Crippen molar-refractivity contribution >= 4 is 12.0 Å². The number of amides is 1. The number of benzene rings is 3. The zero-order valence-electron chi connectivity index (χ0n) is 15.6. The first-order valence-electron chi connectivity index (χ1n) is 9.34. The summed E-state index contributed by atoms with van der Waals surface area (Å²) in [5, 5.41) is 3.10. The van der Waals surface area contributed by atoms with Crippen LogP contribution in [0.2, 0.25) is 0 Å². The Morgan fingerprint density at radius 2 is 1.41 bits per heavy atom. The average Bonchev–Trinajstić information content (AvgIpc) is 2.73. The van der Waals surface area contributed by atoms with Gasteiger partial charge in [0.1, 0.15) is 0 Å². The molecule has 3 aromatic carbocycles. The standard InChI is InChI=1S/C25H25NO/c1-20(17-18-21-11-5-2-6-12-21)24(23-15-9-4-10-16-23)25(27)26-19-22-13-7-3-8-14-22/h2-18,20,24H,19H2,1H3,(H,26,27)/b18-17+/t20-,24+/m1/s1. The summed E-state index contributed by atoms with van der Waals surface area (Å²) in [4.78, 5) is 13.0. The summed E-state index contributed by atoms with van der Waals surface area (Å²) in [5.41, 5.74) is 3.28. The highest BCUT2D eigenvalue weighted by molar-refractivity contribution is 5.84. The van der Waals surface area contributed by atoms with Crippen molar-refractivity contribution in [3.8, 4) is 0 Å². The van der Waals surface area contributed by atoms with Crippen molar-refractivity contribution in [1.29, 1.82) is 0 Å². The largest absolute Gasteiger partial charge is 0.351 e. The Balaban J connectivity index is 1.76. The predicted octanol–water partition coefficient (Wildman–Crippen LogP) is 5.44. The second-order valence-electron chi connectivity index (χ2n) is 6.72. The number of allylic oxidation sites excluding steroid dienone is 1. The Labute approximate surface area is 161 Å². The lowest BCUT2D eigenvalue weighted by atomic mass is 9.85. The number of hydrogen-bond acceptors (Lipinski definition) is 1. The van der Waals surface area contributed by atoms with Crippen LogP contribution in [0.15, 0.2) is 97.1 Å². The maximum atomic E-state index is 13.0. The Morgan fingerprint density at radius 3 is 2.04 bits per heavy atom. The Bertz CT molecular complexity index is 857. The van der Waals surface area contributed by atoms with E-state index in [1.165, 1.54) is 0 Å². The molecule has 0 radical (unpaired) electrons. The highest BCUT2D eigenvalue weighted by atomic mass is 16.1. The van der Waals surface area contributed by atoms with Crippen molar-refractivity contribution in [1.82, 2.24) is 5.32 Å². The van der Waals surface area contributed by atoms with Gasteiger partial charge in [0.25, 0.3) is 0 Å². The van der Waals surface area contributed by atoms with Crippen molar-refractivity contribution < 1.29 is 4.79 Å². The molecule has 0 unspecified atom stereocenters. The minimum atomic E-state index is -0.227. The van der Waals surface area contributed by atoms with Gasteiger partial charge in [-0.3, -0.25) is 4.79 Å². The van der Waals surface area contributed by atoms with Crippen LogP contribution in [0.4, 0.5) is 0 Å². The molecule has 0 aliphatic carbocycles. The molecule has 27 heavy (non-hydrogen) atoms. The average molecular weight is 355 g/mol. The fourth-order valence-electron chi connectivity index (χ4n) is 3.19. The Morgan fingerprint density at radius 1 is 0.852 bits per heavy atom. The van der Waals surface area contributed by atoms with E-state index in [1.54, 1.807) is 0 Å². The molecule has 2 atom stereocenters. The van der Waals surface area contributed by atoms with Crippen molar-refractivity contribution in [3.05, 3.63) is 114 Å². The van der Waals surface area contributed by atoms with Gasteiger partial charge in [-0.25, -0.2) is 0 Å². The molecule has 0 aliphatic rings. The lowest BCUT2D eigenvalue weighted by Gasteiger charge is -2.22. The van der Waals surface area contributed by atoms with Gasteiger partial charge in [0.2, 0.25) is 5.91 Å². The lowest BCUT2D eigenvalue weighted by Crippen LogP contribution is -2.32. The van der Waals surface area contributed by atoms with Gasteiger partial charge in [-0.1, -0.05) is 110 Å². The van der Waals surface area contributed by atoms with Gasteiger partial charge in [-0.2, -0.15) is 0 Å². The molecule has 0 fully saturated rings. The molecule has 0 saturated heterocycles. The summed E-state index contributed by atoms with van der Waals surface area (Å²) in [6.07, 6.45) is 4.21. The third-order valence-corrected chi connectivity index (χ3v) is 4.67. The van der Waals surface area contributed by atoms with Gasteiger partial charge < -0.3 is 5.32 Å². The minimum absolute atomic E-state index is 0.0512. The molecule has 0 saturated carbocycles. The van der Waals surface area contributed by atoms with Crippen molar-refractivity contribution in [2.24, 2.45) is 5.92 Å². The third-order valence-electron chi connectivity index (χ3n) is 4.67. The molecule has 0 bridgehead atoms. The first-order chi connectivity index (χ1) is 13.2. The van der Waals surface area contributed by atoms with Crippen LogP contribution in [0.1, 0.15) is 29.5 Å². The molecule has 136 valence electrons. The van der Waals surface area contributed by atoms with E-state index in [0.717, 1.165) is 16.7 Å². The van der Waals surface area contributed by atoms with Crippen molar-refractivity contribution in [3.63, 3.8) is 0 Å². The number of carbonyl (C=O) groups excluding carboxylic acids is 1. The molecule has 0 aromatic heterocycles. The second kappa shape index (κ2) is 9.54. The number of rotatable bonds is 7. The fourth-order valence-corrected chi connectivity index (χ4v) is 3.19. The molecule has 0 aliphatic heterocycles. The van der Waals surface area contributed by atoms with Gasteiger partial charge in [0.05, 0.1) is 5.92 Å². The van der Waals surface area contributed by atoms with Crippen LogP contribution >= 0.6 is 0 Å². The molecule has 3 rings (SSSR count). The highest BCUT2D eigenvalue weighted by Gasteiger charge is 2.25. The Hall–Kier alpha value is -3.13. The van der Waals surface area contributed by atoms with Gasteiger partial charge >= 0.3 is 0 Å². The zero-order valence-corrected chi connectivity index (χ0v) is 15.6. The maximum Gasteiger partial charge on any atom is 0.228 e. The summed E-state index contributed by atoms with van der Waals surface area (Å²) < 4.78 is 0. The van der Waals surface area contributed by atoms with Crippen LogP contribution in [0.25, 0.3) is 6.08 Å². The van der Waals surface area contributed by atoms with Crippen LogP contribution in [-0.4, -0.2) is 5.91 Å². The van der Waals surface area contributed by atoms with E-state index in [2.05, 4.69) is 36.5 Å². The molecule has 0 heterocycles. The van der Waals surface area contributed by atoms with Gasteiger partial charge in [-0.15, -0.1) is 0 Å². The summed E-state index contributed by atoms with van der Waals surface area (Å²) >= 11 is 0. The van der Waals surface area contributed by atoms with E-state index in [9.17, 15) is 4.79 Å². The van der Waals surface area contributed by atoms with E-state index in [1.807, 2.05) is 78.9 Å². The van der Waals surface area contributed by atoms with Crippen LogP contribution in [0.3, 0.4) is 0 Å². The molecule has 2 heteroatoms. The van der Waals surface area contributed by atoms with Crippen LogP contribution in [-0.2, 0) is 11.3 Å². The molecular weight excluding hydrogens is 330 g/mol. The molecular formula is C25H25NO. The number of nitrogens with one attached hydrogen (secondary N) is 1. The van der Waals surface area contributed by atoms with Crippen molar-refractivity contribution in [2.75, 3.05) is 0 Å². The summed E-state index contributed by atoms with van der Waals surface area (Å²) in [7, 11) is 0. The number of hydrogen-bond donors (Lipinski definition) is 1. The number of carbonyl (C=O) groups is 1. The predicted molar refractivity (Wildman–Crippen MR) is 112 cm³/mol. The molecule has 0 spiro atoms. The van der Waals surface area contributed by atoms with E-state index >= 15 is 0 Å². The van der Waals surface area contributed by atoms with Crippen LogP contribution in [0.5, 0.6) is 0 Å². The molecule has 3 aromatic rings. The van der Waals surface area contributed by atoms with E-state index < -0.39 is 0 Å². The highest BCUT2D eigenvalue weighted by Crippen LogP contribution is 2.27. The normalized spacial score (nSPS) is 13.2. The van der Waals surface area contributed by atoms with Crippen LogP contribution in [0, 0.1) is 5.92 Å². The second-order valence-corrected chi connectivity index (χ2v) is 6.72. The van der Waals surface area contributed by atoms with Gasteiger partial charge in [0.15, 0.2) is 0 Å². The summed E-state index contributed by atoms with van der Waals surface area (Å²) in [6, 6.07) is 30.2. The molecule has 2 nitrogen and oxygen atoms in total. The quantitative estimate of drug-likeness (QED) is 0.601. The minimum Gasteiger partial charge on any atom is -0.351 e. The van der Waals surface area contributed by atoms with Crippen molar-refractivity contribution in [2.45, 2.75) is 19.4 Å². The monoisotopic (exact) mass is 355 g/mol. The lowest BCUT2D eigenvalue weighted by molar-refractivity contribution is -0.123. The maximum absolute atomic E-state index is 13.0. The van der Waals surface area contributed by atoms with Crippen LogP contribution < -0.4 is 5.32 Å². The SMILES string of the molecule is C[C@H](/C=C/c1ccccc1)[C@H](C(=O)NCc1ccccc1)c1ccccc1.